The van der Waals surface area contributed by atoms with Crippen LogP contribution in [-0.4, -0.2) is 22.6 Å². The van der Waals surface area contributed by atoms with Crippen molar-refractivity contribution in [1.29, 1.82) is 0 Å². The van der Waals surface area contributed by atoms with Crippen molar-refractivity contribution in [3.63, 3.8) is 0 Å². The molecule has 1 saturated heterocycles. The first-order chi connectivity index (χ1) is 11.2. The number of aromatic nitrogens is 2. The molecule has 0 N–H and O–H groups in total. The average molecular weight is 309 g/mol. The van der Waals surface area contributed by atoms with Crippen LogP contribution in [0.15, 0.2) is 51.6 Å². The number of rotatable bonds is 3. The van der Waals surface area contributed by atoms with Gasteiger partial charge in [-0.05, 0) is 36.8 Å². The van der Waals surface area contributed by atoms with Crippen LogP contribution in [0.5, 0.6) is 0 Å². The second-order valence-electron chi connectivity index (χ2n) is 5.68. The van der Waals surface area contributed by atoms with Gasteiger partial charge in [0, 0.05) is 24.6 Å². The van der Waals surface area contributed by atoms with Crippen LogP contribution in [0, 0.1) is 6.92 Å². The van der Waals surface area contributed by atoms with Crippen molar-refractivity contribution >= 4 is 11.6 Å². The lowest BCUT2D eigenvalue weighted by Gasteiger charge is -2.16. The van der Waals surface area contributed by atoms with Gasteiger partial charge in [0.15, 0.2) is 11.6 Å². The predicted octanol–water partition coefficient (Wildman–Crippen LogP) is 3.16. The van der Waals surface area contributed by atoms with Crippen molar-refractivity contribution in [3.8, 4) is 11.7 Å². The number of benzene rings is 1. The molecule has 1 fully saturated rings. The molecule has 4 rings (SSSR count). The number of amides is 1. The van der Waals surface area contributed by atoms with E-state index in [0.717, 1.165) is 11.3 Å². The number of nitrogens with zero attached hydrogens (tertiary/aromatic N) is 3. The Morgan fingerprint density at radius 2 is 2.17 bits per heavy atom. The largest absolute Gasteiger partial charge is 0.459 e. The Balaban J connectivity index is 1.57. The van der Waals surface area contributed by atoms with E-state index >= 15 is 0 Å². The van der Waals surface area contributed by atoms with Gasteiger partial charge in [0.2, 0.25) is 5.91 Å². The number of aryl methyl sites for hydroxylation is 1. The predicted molar refractivity (Wildman–Crippen MR) is 82.9 cm³/mol. The van der Waals surface area contributed by atoms with E-state index in [4.69, 9.17) is 8.94 Å². The minimum atomic E-state index is -0.0736. The molecule has 0 bridgehead atoms. The van der Waals surface area contributed by atoms with Crippen LogP contribution in [-0.2, 0) is 4.79 Å². The van der Waals surface area contributed by atoms with Crippen LogP contribution < -0.4 is 4.90 Å². The zero-order chi connectivity index (χ0) is 15.8. The topological polar surface area (TPSA) is 72.4 Å². The minimum absolute atomic E-state index is 0.0736. The molecular formula is C17H15N3O3. The Labute approximate surface area is 132 Å². The maximum absolute atomic E-state index is 12.3. The van der Waals surface area contributed by atoms with Gasteiger partial charge in [-0.1, -0.05) is 17.3 Å². The number of anilines is 1. The number of hydrogen-bond donors (Lipinski definition) is 0. The van der Waals surface area contributed by atoms with Gasteiger partial charge in [0.25, 0.3) is 5.89 Å². The molecule has 1 atom stereocenters. The van der Waals surface area contributed by atoms with E-state index in [0.29, 0.717) is 30.4 Å². The Morgan fingerprint density at radius 3 is 2.96 bits per heavy atom. The molecule has 1 unspecified atom stereocenters. The van der Waals surface area contributed by atoms with Crippen LogP contribution in [0.4, 0.5) is 5.69 Å². The molecule has 23 heavy (non-hydrogen) atoms. The van der Waals surface area contributed by atoms with E-state index in [1.54, 1.807) is 23.3 Å². The van der Waals surface area contributed by atoms with E-state index < -0.39 is 0 Å². The van der Waals surface area contributed by atoms with Crippen LogP contribution in [0.3, 0.4) is 0 Å². The molecule has 1 aliphatic rings. The maximum Gasteiger partial charge on any atom is 0.293 e. The highest BCUT2D eigenvalue weighted by molar-refractivity contribution is 5.96. The Kier molecular flexibility index (Phi) is 3.22. The van der Waals surface area contributed by atoms with Crippen LogP contribution in [0.2, 0.25) is 0 Å². The Hall–Kier alpha value is -2.89. The third-order valence-electron chi connectivity index (χ3n) is 3.98. The average Bonchev–Trinajstić information content (AvgIpc) is 3.27. The lowest BCUT2D eigenvalue weighted by Crippen LogP contribution is -2.24. The first-order valence-corrected chi connectivity index (χ1v) is 7.45. The summed E-state index contributed by atoms with van der Waals surface area (Å²) in [6.07, 6.45) is 1.93. The highest BCUT2D eigenvalue weighted by Gasteiger charge is 2.34. The SMILES string of the molecule is Cc1cccc(N2CC(c3noc(-c4ccco4)n3)CC2=O)c1. The second-order valence-corrected chi connectivity index (χ2v) is 5.68. The van der Waals surface area contributed by atoms with E-state index in [-0.39, 0.29) is 11.8 Å². The van der Waals surface area contributed by atoms with Crippen molar-refractivity contribution in [1.82, 2.24) is 10.1 Å². The third kappa shape index (κ3) is 2.52. The molecule has 116 valence electrons. The summed E-state index contributed by atoms with van der Waals surface area (Å²) in [6.45, 7) is 2.57. The number of carbonyl (C=O) groups excluding carboxylic acids is 1. The molecule has 0 aliphatic carbocycles. The molecule has 0 saturated carbocycles. The molecule has 3 aromatic rings. The Morgan fingerprint density at radius 1 is 1.26 bits per heavy atom. The summed E-state index contributed by atoms with van der Waals surface area (Å²) in [4.78, 5) is 18.5. The summed E-state index contributed by atoms with van der Waals surface area (Å²) in [5.41, 5.74) is 2.03. The minimum Gasteiger partial charge on any atom is -0.459 e. The van der Waals surface area contributed by atoms with Gasteiger partial charge in [-0.25, -0.2) is 0 Å². The van der Waals surface area contributed by atoms with Gasteiger partial charge in [-0.2, -0.15) is 4.98 Å². The number of furan rings is 1. The second kappa shape index (κ2) is 5.39. The van der Waals surface area contributed by atoms with Gasteiger partial charge in [0.05, 0.1) is 6.26 Å². The molecule has 1 aliphatic heterocycles. The molecular weight excluding hydrogens is 294 g/mol. The maximum atomic E-state index is 12.3. The third-order valence-corrected chi connectivity index (χ3v) is 3.98. The molecule has 1 aromatic carbocycles. The summed E-state index contributed by atoms with van der Waals surface area (Å²) in [5.74, 6) is 1.41. The molecule has 6 heteroatoms. The fraction of sp³-hybridized carbons (Fsp3) is 0.235. The zero-order valence-electron chi connectivity index (χ0n) is 12.6. The lowest BCUT2D eigenvalue weighted by molar-refractivity contribution is -0.117. The lowest BCUT2D eigenvalue weighted by atomic mass is 10.1. The van der Waals surface area contributed by atoms with Crippen molar-refractivity contribution in [2.75, 3.05) is 11.4 Å². The smallest absolute Gasteiger partial charge is 0.293 e. The monoisotopic (exact) mass is 309 g/mol. The zero-order valence-corrected chi connectivity index (χ0v) is 12.6. The molecule has 3 heterocycles. The first kappa shape index (κ1) is 13.8. The number of carbonyl (C=O) groups is 1. The van der Waals surface area contributed by atoms with E-state index in [2.05, 4.69) is 10.1 Å². The molecule has 6 nitrogen and oxygen atoms in total. The van der Waals surface area contributed by atoms with Gasteiger partial charge in [0.1, 0.15) is 0 Å². The Bertz CT molecular complexity index is 838. The summed E-state index contributed by atoms with van der Waals surface area (Å²) in [6, 6.07) is 11.4. The van der Waals surface area contributed by atoms with Gasteiger partial charge in [-0.15, -0.1) is 0 Å². The highest BCUT2D eigenvalue weighted by Crippen LogP contribution is 2.31. The summed E-state index contributed by atoms with van der Waals surface area (Å²) in [5, 5.41) is 4.01. The fourth-order valence-electron chi connectivity index (χ4n) is 2.83. The van der Waals surface area contributed by atoms with Crippen molar-refractivity contribution in [2.45, 2.75) is 19.3 Å². The van der Waals surface area contributed by atoms with Crippen molar-refractivity contribution < 1.29 is 13.7 Å². The number of hydrogen-bond acceptors (Lipinski definition) is 5. The van der Waals surface area contributed by atoms with Crippen molar-refractivity contribution in [2.24, 2.45) is 0 Å². The van der Waals surface area contributed by atoms with Crippen LogP contribution in [0.1, 0.15) is 23.7 Å². The quantitative estimate of drug-likeness (QED) is 0.743. The normalized spacial score (nSPS) is 17.9. The molecule has 0 radical (unpaired) electrons. The first-order valence-electron chi connectivity index (χ1n) is 7.45. The molecule has 1 amide bonds. The summed E-state index contributed by atoms with van der Waals surface area (Å²) in [7, 11) is 0. The molecule has 2 aromatic heterocycles. The van der Waals surface area contributed by atoms with E-state index in [1.165, 1.54) is 0 Å². The van der Waals surface area contributed by atoms with Crippen LogP contribution >= 0.6 is 0 Å². The molecule has 0 spiro atoms. The van der Waals surface area contributed by atoms with E-state index in [9.17, 15) is 4.79 Å². The van der Waals surface area contributed by atoms with Gasteiger partial charge < -0.3 is 13.8 Å². The van der Waals surface area contributed by atoms with Gasteiger partial charge in [-0.3, -0.25) is 4.79 Å². The standard InChI is InChI=1S/C17H15N3O3/c1-11-4-2-5-13(8-11)20-10-12(9-15(20)21)16-18-17(23-19-16)14-6-3-7-22-14/h2-8,12H,9-10H2,1H3. The highest BCUT2D eigenvalue weighted by atomic mass is 16.5. The summed E-state index contributed by atoms with van der Waals surface area (Å²) < 4.78 is 10.5. The van der Waals surface area contributed by atoms with Crippen molar-refractivity contribution in [3.05, 3.63) is 54.0 Å². The summed E-state index contributed by atoms with van der Waals surface area (Å²) >= 11 is 0. The fourth-order valence-corrected chi connectivity index (χ4v) is 2.83. The van der Waals surface area contributed by atoms with Gasteiger partial charge >= 0.3 is 0 Å². The van der Waals surface area contributed by atoms with Crippen LogP contribution in [0.25, 0.3) is 11.7 Å². The van der Waals surface area contributed by atoms with E-state index in [1.807, 2.05) is 31.2 Å².